The third kappa shape index (κ3) is 7.54. The summed E-state index contributed by atoms with van der Waals surface area (Å²) in [5, 5.41) is 2.74. The van der Waals surface area contributed by atoms with Crippen molar-refractivity contribution in [2.45, 2.75) is 19.9 Å². The molecule has 5 nitrogen and oxygen atoms in total. The average Bonchev–Trinajstić information content (AvgIpc) is 2.12. The number of nitrogens with zero attached hydrogens (tertiary/aromatic N) is 1. The molecule has 0 rings (SSSR count). The van der Waals surface area contributed by atoms with Gasteiger partial charge in [0.05, 0.1) is 13.7 Å². The molecule has 0 saturated heterocycles. The van der Waals surface area contributed by atoms with Crippen LogP contribution in [-0.2, 0) is 14.3 Å². The molecule has 0 heterocycles. The normalized spacial score (nSPS) is 10.5. The summed E-state index contributed by atoms with van der Waals surface area (Å²) in [4.78, 5) is 23.6. The van der Waals surface area contributed by atoms with Crippen LogP contribution >= 0.6 is 0 Å². The molecule has 5 heteroatoms. The summed E-state index contributed by atoms with van der Waals surface area (Å²) in [6.07, 6.45) is 2.77. The fraction of sp³-hybridized carbons (Fsp3) is 0.600. The van der Waals surface area contributed by atoms with E-state index in [2.05, 4.69) is 10.1 Å². The van der Waals surface area contributed by atoms with E-state index in [0.29, 0.717) is 0 Å². The molecule has 86 valence electrons. The Bertz CT molecular complexity index is 249. The van der Waals surface area contributed by atoms with Crippen molar-refractivity contribution >= 4 is 11.9 Å². The number of likely N-dealkylation sites (N-methyl/N-ethyl adjacent to an activating group) is 1. The van der Waals surface area contributed by atoms with Gasteiger partial charge in [-0.15, -0.1) is 0 Å². The number of carbonyl (C=O) groups excluding carboxylic acids is 2. The van der Waals surface area contributed by atoms with Gasteiger partial charge >= 0.3 is 5.97 Å². The number of nitrogens with one attached hydrogen (secondary N) is 1. The van der Waals surface area contributed by atoms with E-state index in [4.69, 9.17) is 0 Å². The predicted molar refractivity (Wildman–Crippen MR) is 57.1 cm³/mol. The highest BCUT2D eigenvalue weighted by Crippen LogP contribution is 1.87. The molecule has 15 heavy (non-hydrogen) atoms. The molecular formula is C10H18N2O3. The molecule has 0 saturated carbocycles. The Labute approximate surface area is 90.1 Å². The van der Waals surface area contributed by atoms with E-state index in [0.717, 1.165) is 0 Å². The van der Waals surface area contributed by atoms with Gasteiger partial charge in [0.1, 0.15) is 0 Å². The van der Waals surface area contributed by atoms with Gasteiger partial charge < -0.3 is 15.0 Å². The Morgan fingerprint density at radius 1 is 1.47 bits per heavy atom. The first kappa shape index (κ1) is 13.5. The lowest BCUT2D eigenvalue weighted by atomic mass is 10.4. The van der Waals surface area contributed by atoms with Crippen molar-refractivity contribution < 1.29 is 14.3 Å². The molecule has 0 fully saturated rings. The van der Waals surface area contributed by atoms with Crippen LogP contribution in [0.1, 0.15) is 13.8 Å². The van der Waals surface area contributed by atoms with Gasteiger partial charge in [0.2, 0.25) is 5.91 Å². The van der Waals surface area contributed by atoms with Crippen LogP contribution in [0.25, 0.3) is 0 Å². The molecule has 0 radical (unpaired) electrons. The number of rotatable bonds is 5. The number of hydrogen-bond acceptors (Lipinski definition) is 4. The van der Waals surface area contributed by atoms with Crippen LogP contribution in [0.15, 0.2) is 12.3 Å². The van der Waals surface area contributed by atoms with Crippen LogP contribution in [0.4, 0.5) is 0 Å². The van der Waals surface area contributed by atoms with E-state index >= 15 is 0 Å². The minimum atomic E-state index is -0.439. The average molecular weight is 214 g/mol. The van der Waals surface area contributed by atoms with E-state index in [1.165, 1.54) is 19.4 Å². The van der Waals surface area contributed by atoms with E-state index in [1.807, 2.05) is 13.8 Å². The molecule has 0 aliphatic rings. The van der Waals surface area contributed by atoms with Gasteiger partial charge in [-0.1, -0.05) is 0 Å². The maximum atomic E-state index is 11.3. The number of methoxy groups -OCH3 is 1. The van der Waals surface area contributed by atoms with Gasteiger partial charge in [-0.3, -0.25) is 4.79 Å². The molecule has 0 unspecified atom stereocenters. The van der Waals surface area contributed by atoms with Crippen molar-refractivity contribution in [1.82, 2.24) is 10.2 Å². The summed E-state index contributed by atoms with van der Waals surface area (Å²) in [6, 6.07) is 0.121. The van der Waals surface area contributed by atoms with Crippen LogP contribution in [0.5, 0.6) is 0 Å². The van der Waals surface area contributed by atoms with Crippen LogP contribution in [0.2, 0.25) is 0 Å². The van der Waals surface area contributed by atoms with Crippen LogP contribution in [0, 0.1) is 0 Å². The quantitative estimate of drug-likeness (QED) is 0.522. The van der Waals surface area contributed by atoms with Crippen molar-refractivity contribution in [2.75, 3.05) is 20.7 Å². The third-order valence-corrected chi connectivity index (χ3v) is 1.51. The van der Waals surface area contributed by atoms with Gasteiger partial charge in [0.25, 0.3) is 0 Å². The molecule has 1 N–H and O–H groups in total. The van der Waals surface area contributed by atoms with Crippen LogP contribution in [-0.4, -0.2) is 43.5 Å². The molecule has 0 aromatic heterocycles. The van der Waals surface area contributed by atoms with Crippen molar-refractivity contribution in [2.24, 2.45) is 0 Å². The van der Waals surface area contributed by atoms with Crippen LogP contribution < -0.4 is 5.32 Å². The summed E-state index contributed by atoms with van der Waals surface area (Å²) in [5.41, 5.74) is 0. The smallest absolute Gasteiger partial charge is 0.331 e. The molecule has 1 amide bonds. The SMILES string of the molecule is COC(=O)C=CN(C)CC(=O)NC(C)C. The second kappa shape index (κ2) is 6.86. The molecule has 0 aromatic carbocycles. The van der Waals surface area contributed by atoms with Crippen molar-refractivity contribution in [3.63, 3.8) is 0 Å². The van der Waals surface area contributed by atoms with Crippen molar-refractivity contribution in [3.8, 4) is 0 Å². The monoisotopic (exact) mass is 214 g/mol. The predicted octanol–water partition coefficient (Wildman–Crippen LogP) is 0.130. The molecule has 0 aliphatic heterocycles. The molecule has 0 aromatic rings. The zero-order valence-corrected chi connectivity index (χ0v) is 9.61. The van der Waals surface area contributed by atoms with Crippen LogP contribution in [0.3, 0.4) is 0 Å². The first-order valence-electron chi connectivity index (χ1n) is 4.71. The van der Waals surface area contributed by atoms with Gasteiger partial charge in [-0.25, -0.2) is 4.79 Å². The summed E-state index contributed by atoms with van der Waals surface area (Å²) < 4.78 is 4.42. The first-order chi connectivity index (χ1) is 6.95. The Balaban J connectivity index is 3.92. The molecule has 0 aliphatic carbocycles. The number of esters is 1. The summed E-state index contributed by atoms with van der Waals surface area (Å²) >= 11 is 0. The highest BCUT2D eigenvalue weighted by Gasteiger charge is 2.04. The second-order valence-corrected chi connectivity index (χ2v) is 3.48. The Morgan fingerprint density at radius 3 is 2.53 bits per heavy atom. The van der Waals surface area contributed by atoms with E-state index in [9.17, 15) is 9.59 Å². The summed E-state index contributed by atoms with van der Waals surface area (Å²) in [5.74, 6) is -0.520. The fourth-order valence-corrected chi connectivity index (χ4v) is 0.903. The van der Waals surface area contributed by atoms with Gasteiger partial charge in [0, 0.05) is 25.4 Å². The lowest BCUT2D eigenvalue weighted by Crippen LogP contribution is -2.36. The maximum absolute atomic E-state index is 11.3. The maximum Gasteiger partial charge on any atom is 0.331 e. The molecule has 0 atom stereocenters. The highest BCUT2D eigenvalue weighted by molar-refractivity contribution is 5.82. The Hall–Kier alpha value is -1.52. The van der Waals surface area contributed by atoms with Gasteiger partial charge in [0.15, 0.2) is 0 Å². The minimum absolute atomic E-state index is 0.0815. The topological polar surface area (TPSA) is 58.6 Å². The number of amides is 1. The number of carbonyl (C=O) groups is 2. The van der Waals surface area contributed by atoms with Gasteiger partial charge in [-0.05, 0) is 13.8 Å². The van der Waals surface area contributed by atoms with E-state index < -0.39 is 5.97 Å². The van der Waals surface area contributed by atoms with Crippen molar-refractivity contribution in [3.05, 3.63) is 12.3 Å². The molecule has 0 spiro atoms. The zero-order valence-electron chi connectivity index (χ0n) is 9.61. The summed E-state index contributed by atoms with van der Waals surface area (Å²) in [6.45, 7) is 4.00. The minimum Gasteiger partial charge on any atom is -0.466 e. The molecular weight excluding hydrogens is 196 g/mol. The molecule has 0 bridgehead atoms. The Kier molecular flexibility index (Phi) is 6.17. The second-order valence-electron chi connectivity index (χ2n) is 3.48. The van der Waals surface area contributed by atoms with E-state index in [1.54, 1.807) is 11.9 Å². The highest BCUT2D eigenvalue weighted by atomic mass is 16.5. The lowest BCUT2D eigenvalue weighted by molar-refractivity contribution is -0.135. The standard InChI is InChI=1S/C10H18N2O3/c1-8(2)11-9(13)7-12(3)6-5-10(14)15-4/h5-6,8H,7H2,1-4H3,(H,11,13). The summed E-state index contributed by atoms with van der Waals surface area (Å²) in [7, 11) is 3.01. The lowest BCUT2D eigenvalue weighted by Gasteiger charge is -2.14. The van der Waals surface area contributed by atoms with Crippen molar-refractivity contribution in [1.29, 1.82) is 0 Å². The largest absolute Gasteiger partial charge is 0.466 e. The fourth-order valence-electron chi connectivity index (χ4n) is 0.903. The first-order valence-corrected chi connectivity index (χ1v) is 4.71. The van der Waals surface area contributed by atoms with Gasteiger partial charge in [-0.2, -0.15) is 0 Å². The number of hydrogen-bond donors (Lipinski definition) is 1. The third-order valence-electron chi connectivity index (χ3n) is 1.51. The number of ether oxygens (including phenoxy) is 1. The zero-order chi connectivity index (χ0) is 11.8. The van der Waals surface area contributed by atoms with E-state index in [-0.39, 0.29) is 18.5 Å². The Morgan fingerprint density at radius 2 is 2.07 bits per heavy atom.